The molecule has 0 aliphatic heterocycles. The van der Waals surface area contributed by atoms with Crippen molar-refractivity contribution in [3.05, 3.63) is 71.2 Å². The fourth-order valence-electron chi connectivity index (χ4n) is 2.93. The number of ether oxygens (including phenoxy) is 1. The van der Waals surface area contributed by atoms with Crippen molar-refractivity contribution in [2.75, 3.05) is 11.9 Å². The second-order valence-electron chi connectivity index (χ2n) is 6.69. The predicted octanol–water partition coefficient (Wildman–Crippen LogP) is 5.89. The summed E-state index contributed by atoms with van der Waals surface area (Å²) in [5.41, 5.74) is 2.48. The number of amides is 1. The molecule has 0 bridgehead atoms. The maximum Gasteiger partial charge on any atom is 0.255 e. The van der Waals surface area contributed by atoms with Crippen LogP contribution < -0.4 is 10.1 Å². The zero-order valence-electron chi connectivity index (χ0n) is 16.2. The standard InChI is InChI=1S/C23H19ClN2O4/c1-2-11-29-17-7-3-14(4-8-17)22(28)25-16-6-9-20(27)18(13-16)23-26-19-12-15(24)5-10-21(19)30-23/h3-10,12-13,27H,2,11H2,1H3,(H,25,28). The molecule has 0 atom stereocenters. The zero-order chi connectivity index (χ0) is 21.1. The second kappa shape index (κ2) is 8.47. The largest absolute Gasteiger partial charge is 0.507 e. The molecule has 6 nitrogen and oxygen atoms in total. The molecule has 30 heavy (non-hydrogen) atoms. The molecule has 3 aromatic carbocycles. The van der Waals surface area contributed by atoms with E-state index in [9.17, 15) is 9.90 Å². The van der Waals surface area contributed by atoms with Crippen molar-refractivity contribution in [2.24, 2.45) is 0 Å². The summed E-state index contributed by atoms with van der Waals surface area (Å²) in [5, 5.41) is 13.6. The summed E-state index contributed by atoms with van der Waals surface area (Å²) < 4.78 is 11.3. The highest BCUT2D eigenvalue weighted by atomic mass is 35.5. The summed E-state index contributed by atoms with van der Waals surface area (Å²) in [5.74, 6) is 0.663. The number of aromatic nitrogens is 1. The van der Waals surface area contributed by atoms with Crippen LogP contribution in [0, 0.1) is 0 Å². The van der Waals surface area contributed by atoms with Gasteiger partial charge >= 0.3 is 0 Å². The number of halogens is 1. The van der Waals surface area contributed by atoms with Crippen molar-refractivity contribution in [3.8, 4) is 23.0 Å². The minimum absolute atomic E-state index is 0.0110. The summed E-state index contributed by atoms with van der Waals surface area (Å²) in [6, 6.07) is 16.7. The molecule has 0 aliphatic carbocycles. The van der Waals surface area contributed by atoms with Gasteiger partial charge in [-0.15, -0.1) is 0 Å². The Morgan fingerprint density at radius 1 is 1.13 bits per heavy atom. The Kier molecular flexibility index (Phi) is 5.59. The summed E-state index contributed by atoms with van der Waals surface area (Å²) >= 11 is 5.99. The highest BCUT2D eigenvalue weighted by molar-refractivity contribution is 6.31. The molecule has 0 spiro atoms. The van der Waals surface area contributed by atoms with E-state index in [-0.39, 0.29) is 17.5 Å². The number of carbonyl (C=O) groups is 1. The number of nitrogens with one attached hydrogen (secondary N) is 1. The third kappa shape index (κ3) is 4.23. The lowest BCUT2D eigenvalue weighted by atomic mass is 10.1. The molecular formula is C23H19ClN2O4. The molecule has 152 valence electrons. The lowest BCUT2D eigenvalue weighted by Gasteiger charge is -2.09. The van der Waals surface area contributed by atoms with E-state index in [1.165, 1.54) is 6.07 Å². The Morgan fingerprint density at radius 3 is 2.70 bits per heavy atom. The van der Waals surface area contributed by atoms with Gasteiger partial charge in [-0.2, -0.15) is 0 Å². The Balaban J connectivity index is 1.56. The number of oxazole rings is 1. The van der Waals surface area contributed by atoms with Gasteiger partial charge in [0.05, 0.1) is 12.2 Å². The van der Waals surface area contributed by atoms with Crippen LogP contribution in [0.15, 0.2) is 65.1 Å². The molecular weight excluding hydrogens is 404 g/mol. The highest BCUT2D eigenvalue weighted by Gasteiger charge is 2.15. The van der Waals surface area contributed by atoms with Gasteiger partial charge < -0.3 is 19.6 Å². The molecule has 1 amide bonds. The van der Waals surface area contributed by atoms with E-state index < -0.39 is 0 Å². The van der Waals surface area contributed by atoms with Gasteiger partial charge in [-0.05, 0) is 67.1 Å². The number of carbonyl (C=O) groups excluding carboxylic acids is 1. The van der Waals surface area contributed by atoms with E-state index >= 15 is 0 Å². The van der Waals surface area contributed by atoms with E-state index in [4.69, 9.17) is 20.8 Å². The third-order valence-electron chi connectivity index (χ3n) is 4.42. The number of nitrogens with zero attached hydrogens (tertiary/aromatic N) is 1. The van der Waals surface area contributed by atoms with Crippen molar-refractivity contribution in [1.82, 2.24) is 4.98 Å². The maximum absolute atomic E-state index is 12.6. The van der Waals surface area contributed by atoms with Crippen molar-refractivity contribution in [1.29, 1.82) is 0 Å². The summed E-state index contributed by atoms with van der Waals surface area (Å²) in [6.07, 6.45) is 0.915. The van der Waals surface area contributed by atoms with Crippen molar-refractivity contribution < 1.29 is 19.1 Å². The molecule has 1 aromatic heterocycles. The van der Waals surface area contributed by atoms with Crippen LogP contribution in [0.4, 0.5) is 5.69 Å². The first-order chi connectivity index (χ1) is 14.5. The minimum Gasteiger partial charge on any atom is -0.507 e. The summed E-state index contributed by atoms with van der Waals surface area (Å²) in [7, 11) is 0. The second-order valence-corrected chi connectivity index (χ2v) is 7.13. The predicted molar refractivity (Wildman–Crippen MR) is 116 cm³/mol. The number of hydrogen-bond donors (Lipinski definition) is 2. The molecule has 0 fully saturated rings. The van der Waals surface area contributed by atoms with Gasteiger partial charge in [-0.3, -0.25) is 4.79 Å². The van der Waals surface area contributed by atoms with Gasteiger partial charge in [0.1, 0.15) is 17.0 Å². The molecule has 0 radical (unpaired) electrons. The Bertz CT molecular complexity index is 1200. The number of hydrogen-bond acceptors (Lipinski definition) is 5. The fourth-order valence-corrected chi connectivity index (χ4v) is 3.09. The molecule has 2 N–H and O–H groups in total. The highest BCUT2D eigenvalue weighted by Crippen LogP contribution is 2.34. The Hall–Kier alpha value is -3.51. The van der Waals surface area contributed by atoms with Crippen LogP contribution in [0.3, 0.4) is 0 Å². The lowest BCUT2D eigenvalue weighted by Crippen LogP contribution is -2.11. The first-order valence-electron chi connectivity index (χ1n) is 9.47. The SMILES string of the molecule is CCCOc1ccc(C(=O)Nc2ccc(O)c(-c3nc4cc(Cl)ccc4o3)c2)cc1. The molecule has 0 saturated heterocycles. The molecule has 0 saturated carbocycles. The van der Waals surface area contributed by atoms with Crippen LogP contribution in [0.5, 0.6) is 11.5 Å². The van der Waals surface area contributed by atoms with Crippen LogP contribution in [0.2, 0.25) is 5.02 Å². The third-order valence-corrected chi connectivity index (χ3v) is 4.66. The van der Waals surface area contributed by atoms with Crippen molar-refractivity contribution in [3.63, 3.8) is 0 Å². The minimum atomic E-state index is -0.280. The lowest BCUT2D eigenvalue weighted by molar-refractivity contribution is 0.102. The quantitative estimate of drug-likeness (QED) is 0.378. The van der Waals surface area contributed by atoms with E-state index in [1.807, 2.05) is 6.92 Å². The first kappa shape index (κ1) is 19.8. The number of phenols is 1. The molecule has 7 heteroatoms. The average molecular weight is 423 g/mol. The van der Waals surface area contributed by atoms with Gasteiger partial charge in [0.2, 0.25) is 5.89 Å². The zero-order valence-corrected chi connectivity index (χ0v) is 16.9. The molecule has 4 rings (SSSR count). The van der Waals surface area contributed by atoms with Gasteiger partial charge in [0.15, 0.2) is 5.58 Å². The number of aromatic hydroxyl groups is 1. The fraction of sp³-hybridized carbons (Fsp3) is 0.130. The molecule has 4 aromatic rings. The van der Waals surface area contributed by atoms with Gasteiger partial charge in [0, 0.05) is 16.3 Å². The number of anilines is 1. The molecule has 0 unspecified atom stereocenters. The topological polar surface area (TPSA) is 84.6 Å². The average Bonchev–Trinajstić information content (AvgIpc) is 3.16. The monoisotopic (exact) mass is 422 g/mol. The molecule has 0 aliphatic rings. The molecule has 1 heterocycles. The smallest absolute Gasteiger partial charge is 0.255 e. The Morgan fingerprint density at radius 2 is 1.93 bits per heavy atom. The van der Waals surface area contributed by atoms with E-state index in [0.29, 0.717) is 39.5 Å². The van der Waals surface area contributed by atoms with Crippen LogP contribution in [-0.4, -0.2) is 22.6 Å². The van der Waals surface area contributed by atoms with Gasteiger partial charge in [0.25, 0.3) is 5.91 Å². The number of benzene rings is 3. The van der Waals surface area contributed by atoms with Gasteiger partial charge in [-0.1, -0.05) is 18.5 Å². The number of fused-ring (bicyclic) bond motifs is 1. The van der Waals surface area contributed by atoms with E-state index in [0.717, 1.165) is 12.2 Å². The van der Waals surface area contributed by atoms with Crippen molar-refractivity contribution in [2.45, 2.75) is 13.3 Å². The van der Waals surface area contributed by atoms with Crippen LogP contribution in [0.1, 0.15) is 23.7 Å². The number of rotatable bonds is 6. The number of phenolic OH excluding ortho intramolecular Hbond substituents is 1. The van der Waals surface area contributed by atoms with Crippen LogP contribution in [0.25, 0.3) is 22.6 Å². The van der Waals surface area contributed by atoms with Crippen LogP contribution in [-0.2, 0) is 0 Å². The maximum atomic E-state index is 12.6. The Labute approximate surface area is 178 Å². The summed E-state index contributed by atoms with van der Waals surface area (Å²) in [4.78, 5) is 17.0. The van der Waals surface area contributed by atoms with E-state index in [1.54, 1.807) is 54.6 Å². The normalized spacial score (nSPS) is 10.9. The summed E-state index contributed by atoms with van der Waals surface area (Å²) in [6.45, 7) is 2.66. The van der Waals surface area contributed by atoms with Crippen LogP contribution >= 0.6 is 11.6 Å². The van der Waals surface area contributed by atoms with Gasteiger partial charge in [-0.25, -0.2) is 4.98 Å². The van der Waals surface area contributed by atoms with E-state index in [2.05, 4.69) is 10.3 Å². The first-order valence-corrected chi connectivity index (χ1v) is 9.85. The van der Waals surface area contributed by atoms with Crippen molar-refractivity contribution >= 4 is 34.3 Å².